The molecule has 0 aliphatic carbocycles. The van der Waals surface area contributed by atoms with Crippen LogP contribution in [0.3, 0.4) is 0 Å². The zero-order valence-corrected chi connectivity index (χ0v) is 12.6. The van der Waals surface area contributed by atoms with Crippen molar-refractivity contribution < 1.29 is 17.7 Å². The molecule has 0 aromatic heterocycles. The monoisotopic (exact) mass is 310 g/mol. The Morgan fingerprint density at radius 2 is 1.86 bits per heavy atom. The Morgan fingerprint density at radius 1 is 1.14 bits per heavy atom. The van der Waals surface area contributed by atoms with Crippen molar-refractivity contribution in [3.8, 4) is 5.75 Å². The van der Waals surface area contributed by atoms with Gasteiger partial charge in [0.15, 0.2) is 11.6 Å². The van der Waals surface area contributed by atoms with E-state index in [2.05, 4.69) is 0 Å². The van der Waals surface area contributed by atoms with Crippen molar-refractivity contribution >= 4 is 10.8 Å². The molecule has 0 bridgehead atoms. The van der Waals surface area contributed by atoms with Gasteiger partial charge in [0.2, 0.25) is 0 Å². The van der Waals surface area contributed by atoms with Crippen molar-refractivity contribution in [2.24, 2.45) is 0 Å². The lowest BCUT2D eigenvalue weighted by atomic mass is 10.1. The van der Waals surface area contributed by atoms with E-state index in [1.807, 2.05) is 0 Å². The zero-order valence-electron chi connectivity index (χ0n) is 11.8. The van der Waals surface area contributed by atoms with Gasteiger partial charge in [-0.25, -0.2) is 8.78 Å². The fourth-order valence-corrected chi connectivity index (χ4v) is 3.27. The van der Waals surface area contributed by atoms with E-state index in [0.29, 0.717) is 11.1 Å². The van der Waals surface area contributed by atoms with Crippen molar-refractivity contribution in [1.82, 2.24) is 0 Å². The maximum absolute atomic E-state index is 13.7. The van der Waals surface area contributed by atoms with Gasteiger partial charge in [-0.2, -0.15) is 0 Å². The summed E-state index contributed by atoms with van der Waals surface area (Å²) in [6, 6.07) is 10.7. The maximum Gasteiger partial charge on any atom is 0.165 e. The standard InChI is InChI=1S/C16H16F2O2S/c1-11(13-5-3-4-6-14(13)17)21(19)10-12-7-8-16(20-2)15(18)9-12/h3-9,11H,10H2,1-2H3/t11-,21-/m0/s1. The van der Waals surface area contributed by atoms with Gasteiger partial charge >= 0.3 is 0 Å². The Morgan fingerprint density at radius 3 is 2.48 bits per heavy atom. The Balaban J connectivity index is 2.14. The minimum Gasteiger partial charge on any atom is -0.494 e. The fraction of sp³-hybridized carbons (Fsp3) is 0.250. The van der Waals surface area contributed by atoms with Crippen LogP contribution < -0.4 is 4.74 Å². The van der Waals surface area contributed by atoms with Crippen LogP contribution >= 0.6 is 0 Å². The van der Waals surface area contributed by atoms with Crippen LogP contribution in [0.4, 0.5) is 8.78 Å². The van der Waals surface area contributed by atoms with Crippen LogP contribution in [0.5, 0.6) is 5.75 Å². The maximum atomic E-state index is 13.7. The lowest BCUT2D eigenvalue weighted by molar-refractivity contribution is 0.386. The van der Waals surface area contributed by atoms with Crippen LogP contribution in [0.2, 0.25) is 0 Å². The van der Waals surface area contributed by atoms with Crippen molar-refractivity contribution in [2.75, 3.05) is 7.11 Å². The lowest BCUT2D eigenvalue weighted by Crippen LogP contribution is -2.07. The van der Waals surface area contributed by atoms with E-state index in [0.717, 1.165) is 0 Å². The summed E-state index contributed by atoms with van der Waals surface area (Å²) < 4.78 is 44.5. The summed E-state index contributed by atoms with van der Waals surface area (Å²) in [6.45, 7) is 1.70. The number of ether oxygens (including phenoxy) is 1. The summed E-state index contributed by atoms with van der Waals surface area (Å²) in [7, 11) is 0.0441. The SMILES string of the molecule is COc1ccc(C[S@](=O)[C@@H](C)c2ccccc2F)cc1F. The smallest absolute Gasteiger partial charge is 0.165 e. The molecule has 0 heterocycles. The van der Waals surface area contributed by atoms with Gasteiger partial charge in [-0.3, -0.25) is 4.21 Å². The highest BCUT2D eigenvalue weighted by atomic mass is 32.2. The highest BCUT2D eigenvalue weighted by Crippen LogP contribution is 2.25. The number of benzene rings is 2. The molecule has 0 amide bonds. The molecule has 2 aromatic carbocycles. The van der Waals surface area contributed by atoms with Crippen molar-refractivity contribution in [1.29, 1.82) is 0 Å². The highest BCUT2D eigenvalue weighted by Gasteiger charge is 2.18. The van der Waals surface area contributed by atoms with Crippen LogP contribution in [0.15, 0.2) is 42.5 Å². The quantitative estimate of drug-likeness (QED) is 0.835. The molecule has 0 unspecified atom stereocenters. The molecule has 21 heavy (non-hydrogen) atoms. The van der Waals surface area contributed by atoms with Crippen molar-refractivity contribution in [3.05, 3.63) is 65.2 Å². The molecular weight excluding hydrogens is 294 g/mol. The minimum absolute atomic E-state index is 0.145. The third-order valence-corrected chi connectivity index (χ3v) is 4.92. The molecule has 2 aromatic rings. The van der Waals surface area contributed by atoms with Gasteiger partial charge in [0.1, 0.15) is 5.82 Å². The third kappa shape index (κ3) is 3.67. The first-order chi connectivity index (χ1) is 10.0. The largest absolute Gasteiger partial charge is 0.494 e. The summed E-state index contributed by atoms with van der Waals surface area (Å²) >= 11 is 0. The first kappa shape index (κ1) is 15.6. The average molecular weight is 310 g/mol. The van der Waals surface area contributed by atoms with Gasteiger partial charge in [-0.15, -0.1) is 0 Å². The van der Waals surface area contributed by atoms with E-state index in [1.165, 1.54) is 25.3 Å². The second kappa shape index (κ2) is 6.80. The Hall–Kier alpha value is -1.75. The zero-order chi connectivity index (χ0) is 15.4. The molecule has 0 aliphatic rings. The molecule has 0 aliphatic heterocycles. The first-order valence-corrected chi connectivity index (χ1v) is 7.85. The van der Waals surface area contributed by atoms with Gasteiger partial charge in [0, 0.05) is 22.1 Å². The summed E-state index contributed by atoms with van der Waals surface area (Å²) in [5.41, 5.74) is 1.000. The molecule has 112 valence electrons. The third-order valence-electron chi connectivity index (χ3n) is 3.26. The second-order valence-electron chi connectivity index (χ2n) is 4.66. The topological polar surface area (TPSA) is 26.3 Å². The van der Waals surface area contributed by atoms with Crippen LogP contribution in [-0.4, -0.2) is 11.3 Å². The van der Waals surface area contributed by atoms with Gasteiger partial charge in [-0.05, 0) is 30.7 Å². The van der Waals surface area contributed by atoms with E-state index >= 15 is 0 Å². The Kier molecular flexibility index (Phi) is 5.07. The summed E-state index contributed by atoms with van der Waals surface area (Å²) in [4.78, 5) is 0. The molecule has 5 heteroatoms. The van der Waals surface area contributed by atoms with Gasteiger partial charge in [-0.1, -0.05) is 24.3 Å². The summed E-state index contributed by atoms with van der Waals surface area (Å²) in [5, 5.41) is -0.462. The van der Waals surface area contributed by atoms with Gasteiger partial charge in [0.05, 0.1) is 12.4 Å². The number of hydrogen-bond acceptors (Lipinski definition) is 2. The van der Waals surface area contributed by atoms with E-state index < -0.39 is 21.9 Å². The Bertz CT molecular complexity index is 658. The summed E-state index contributed by atoms with van der Waals surface area (Å²) in [5.74, 6) is -0.562. The van der Waals surface area contributed by atoms with Crippen molar-refractivity contribution in [2.45, 2.75) is 17.9 Å². The normalized spacial score (nSPS) is 13.7. The summed E-state index contributed by atoms with van der Waals surface area (Å²) in [6.07, 6.45) is 0. The van der Waals surface area contributed by atoms with Crippen LogP contribution in [0.25, 0.3) is 0 Å². The predicted molar refractivity (Wildman–Crippen MR) is 79.6 cm³/mol. The minimum atomic E-state index is -1.34. The van der Waals surface area contributed by atoms with Gasteiger partial charge in [0.25, 0.3) is 0 Å². The van der Waals surface area contributed by atoms with E-state index in [9.17, 15) is 13.0 Å². The molecule has 2 nitrogen and oxygen atoms in total. The number of rotatable bonds is 5. The molecular formula is C16H16F2O2S. The second-order valence-corrected chi connectivity index (χ2v) is 6.41. The number of halogens is 2. The van der Waals surface area contributed by atoms with Crippen molar-refractivity contribution in [3.63, 3.8) is 0 Å². The lowest BCUT2D eigenvalue weighted by Gasteiger charge is -2.13. The first-order valence-electron chi connectivity index (χ1n) is 6.47. The van der Waals surface area contributed by atoms with Crippen LogP contribution in [0.1, 0.15) is 23.3 Å². The number of methoxy groups -OCH3 is 1. The van der Waals surface area contributed by atoms with Gasteiger partial charge < -0.3 is 4.74 Å². The molecule has 0 spiro atoms. The average Bonchev–Trinajstić information content (AvgIpc) is 2.47. The molecule has 0 saturated carbocycles. The molecule has 0 saturated heterocycles. The van der Waals surface area contributed by atoms with E-state index in [-0.39, 0.29) is 17.3 Å². The number of hydrogen-bond donors (Lipinski definition) is 0. The molecule has 0 radical (unpaired) electrons. The van der Waals surface area contributed by atoms with Crippen LogP contribution in [0, 0.1) is 11.6 Å². The molecule has 0 fully saturated rings. The van der Waals surface area contributed by atoms with E-state index in [4.69, 9.17) is 4.74 Å². The molecule has 2 atom stereocenters. The Labute approximate surface area is 125 Å². The van der Waals surface area contributed by atoms with E-state index in [1.54, 1.807) is 31.2 Å². The molecule has 2 rings (SSSR count). The highest BCUT2D eigenvalue weighted by molar-refractivity contribution is 7.84. The molecule has 0 N–H and O–H groups in total. The van der Waals surface area contributed by atoms with Crippen LogP contribution in [-0.2, 0) is 16.6 Å². The fourth-order valence-electron chi connectivity index (χ4n) is 2.04. The predicted octanol–water partition coefficient (Wildman–Crippen LogP) is 3.98.